The van der Waals surface area contributed by atoms with E-state index in [1.165, 1.54) is 25.4 Å². The Kier molecular flexibility index (Phi) is 6.44. The zero-order chi connectivity index (χ0) is 21.8. The lowest BCUT2D eigenvalue weighted by Crippen LogP contribution is -2.16. The Morgan fingerprint density at radius 2 is 2.23 bits per heavy atom. The number of methoxy groups -OCH3 is 1. The number of pyridine rings is 1. The van der Waals surface area contributed by atoms with Crippen molar-refractivity contribution in [3.05, 3.63) is 56.2 Å². The lowest BCUT2D eigenvalue weighted by molar-refractivity contribution is 0.102. The lowest BCUT2D eigenvalue weighted by Gasteiger charge is -2.14. The highest BCUT2D eigenvalue weighted by molar-refractivity contribution is 7.13. The van der Waals surface area contributed by atoms with E-state index in [2.05, 4.69) is 15.4 Å². The third-order valence-corrected chi connectivity index (χ3v) is 5.15. The van der Waals surface area contributed by atoms with E-state index < -0.39 is 16.6 Å². The average molecular weight is 448 g/mol. The number of nitrogens with one attached hydrogen (secondary N) is 1. The Balaban J connectivity index is 2.03. The first-order valence-corrected chi connectivity index (χ1v) is 9.80. The van der Waals surface area contributed by atoms with Crippen LogP contribution in [0.1, 0.15) is 22.5 Å². The van der Waals surface area contributed by atoms with Crippen LogP contribution in [0.25, 0.3) is 11.1 Å². The van der Waals surface area contributed by atoms with E-state index in [0.717, 1.165) is 16.0 Å². The minimum atomic E-state index is -0.735. The van der Waals surface area contributed by atoms with Gasteiger partial charge in [-0.2, -0.15) is 5.26 Å². The van der Waals surface area contributed by atoms with E-state index in [4.69, 9.17) is 21.6 Å². The van der Waals surface area contributed by atoms with Gasteiger partial charge in [0.15, 0.2) is 5.82 Å². The van der Waals surface area contributed by atoms with Crippen LogP contribution < -0.4 is 14.9 Å². The van der Waals surface area contributed by atoms with Gasteiger partial charge in [-0.1, -0.05) is 11.6 Å². The summed E-state index contributed by atoms with van der Waals surface area (Å²) in [7, 11) is 1.38. The summed E-state index contributed by atoms with van der Waals surface area (Å²) in [6.45, 7) is 1.81. The van der Waals surface area contributed by atoms with E-state index in [1.54, 1.807) is 13.0 Å². The number of carbonyl (C=O) groups is 1. The molecular formula is C19H15ClFN5O3S. The molecule has 0 bridgehead atoms. The van der Waals surface area contributed by atoms with Crippen LogP contribution in [0.15, 0.2) is 29.2 Å². The molecule has 2 aromatic heterocycles. The molecule has 0 saturated heterocycles. The molecule has 1 N–H and O–H groups in total. The zero-order valence-corrected chi connectivity index (χ0v) is 17.5. The molecule has 3 aromatic rings. The van der Waals surface area contributed by atoms with Crippen molar-refractivity contribution in [1.29, 1.82) is 5.26 Å². The van der Waals surface area contributed by atoms with Gasteiger partial charge in [-0.3, -0.25) is 19.9 Å². The Bertz CT molecular complexity index is 1220. The van der Waals surface area contributed by atoms with Crippen molar-refractivity contribution in [3.63, 3.8) is 0 Å². The van der Waals surface area contributed by atoms with Gasteiger partial charge in [0, 0.05) is 17.5 Å². The molecule has 0 spiro atoms. The van der Waals surface area contributed by atoms with E-state index in [9.17, 15) is 14.0 Å². The molecule has 154 valence electrons. The van der Waals surface area contributed by atoms with Gasteiger partial charge >= 0.3 is 4.87 Å². The first-order chi connectivity index (χ1) is 14.3. The maximum atomic E-state index is 14.9. The number of aromatic nitrogens is 3. The fourth-order valence-corrected chi connectivity index (χ4v) is 3.56. The Hall–Kier alpha value is -3.29. The van der Waals surface area contributed by atoms with Crippen molar-refractivity contribution in [2.45, 2.75) is 19.9 Å². The highest BCUT2D eigenvalue weighted by Gasteiger charge is 2.23. The Labute approximate surface area is 179 Å². The van der Waals surface area contributed by atoms with Gasteiger partial charge in [0.05, 0.1) is 42.3 Å². The Morgan fingerprint density at radius 3 is 2.93 bits per heavy atom. The Morgan fingerprint density at radius 1 is 1.47 bits per heavy atom. The summed E-state index contributed by atoms with van der Waals surface area (Å²) in [5, 5.41) is 15.1. The largest absolute Gasteiger partial charge is 0.496 e. The molecule has 0 aliphatic heterocycles. The molecule has 1 amide bonds. The third-order valence-electron chi connectivity index (χ3n) is 4.09. The highest BCUT2D eigenvalue weighted by atomic mass is 35.5. The van der Waals surface area contributed by atoms with Gasteiger partial charge in [-0.25, -0.2) is 9.07 Å². The number of ether oxygens (including phenoxy) is 1. The number of nitriles is 1. The van der Waals surface area contributed by atoms with Crippen molar-refractivity contribution in [2.24, 2.45) is 0 Å². The number of nitrogens with zero attached hydrogens (tertiary/aromatic N) is 4. The highest BCUT2D eigenvalue weighted by Crippen LogP contribution is 2.38. The molecule has 0 aliphatic carbocycles. The quantitative estimate of drug-likeness (QED) is 0.617. The summed E-state index contributed by atoms with van der Waals surface area (Å²) in [5.41, 5.74) is 0.848. The van der Waals surface area contributed by atoms with Crippen LogP contribution >= 0.6 is 22.9 Å². The van der Waals surface area contributed by atoms with Gasteiger partial charge in [0.1, 0.15) is 5.75 Å². The standard InChI is InChI=1S/C19H15ClFN5O3S/c1-10-8-11(15-14(29-2)5-4-13(20)16(15)21)12(9-23-10)17(27)24-18-25-26(7-3-6-22)19(28)30-18/h4-5,8-9H,3,7H2,1-2H3,(H,24,25,27). The van der Waals surface area contributed by atoms with Crippen molar-refractivity contribution >= 4 is 34.0 Å². The zero-order valence-electron chi connectivity index (χ0n) is 15.9. The number of anilines is 1. The van der Waals surface area contributed by atoms with Gasteiger partial charge in [-0.05, 0) is 36.5 Å². The maximum absolute atomic E-state index is 14.9. The van der Waals surface area contributed by atoms with Gasteiger partial charge in [0.25, 0.3) is 5.91 Å². The molecule has 0 aliphatic rings. The number of benzene rings is 1. The number of hydrogen-bond donors (Lipinski definition) is 1. The predicted molar refractivity (Wildman–Crippen MR) is 110 cm³/mol. The van der Waals surface area contributed by atoms with Crippen LogP contribution in [0.2, 0.25) is 5.02 Å². The van der Waals surface area contributed by atoms with Crippen molar-refractivity contribution in [3.8, 4) is 22.9 Å². The predicted octanol–water partition coefficient (Wildman–Crippen LogP) is 3.64. The molecule has 0 atom stereocenters. The molecule has 8 nitrogen and oxygen atoms in total. The SMILES string of the molecule is COc1ccc(Cl)c(F)c1-c1cc(C)ncc1C(=O)Nc1nn(CCC#N)c(=O)s1. The lowest BCUT2D eigenvalue weighted by atomic mass is 9.98. The normalized spacial score (nSPS) is 10.5. The van der Waals surface area contributed by atoms with Crippen molar-refractivity contribution < 1.29 is 13.9 Å². The van der Waals surface area contributed by atoms with Crippen LogP contribution in [0.4, 0.5) is 9.52 Å². The first-order valence-electron chi connectivity index (χ1n) is 8.61. The summed E-state index contributed by atoms with van der Waals surface area (Å²) < 4.78 is 21.2. The van der Waals surface area contributed by atoms with Gasteiger partial charge in [0.2, 0.25) is 5.13 Å². The monoisotopic (exact) mass is 447 g/mol. The summed E-state index contributed by atoms with van der Waals surface area (Å²) in [5.74, 6) is -1.18. The maximum Gasteiger partial charge on any atom is 0.326 e. The van der Waals surface area contributed by atoms with Crippen LogP contribution in [0.5, 0.6) is 5.75 Å². The van der Waals surface area contributed by atoms with E-state index in [1.807, 2.05) is 6.07 Å². The second-order valence-corrected chi connectivity index (χ2v) is 7.42. The molecule has 0 unspecified atom stereocenters. The molecule has 0 saturated carbocycles. The number of halogens is 2. The second kappa shape index (κ2) is 9.02. The minimum Gasteiger partial charge on any atom is -0.496 e. The summed E-state index contributed by atoms with van der Waals surface area (Å²) in [4.78, 5) is 28.5. The van der Waals surface area contributed by atoms with E-state index in [-0.39, 0.29) is 45.6 Å². The molecule has 1 aromatic carbocycles. The van der Waals surface area contributed by atoms with Crippen molar-refractivity contribution in [2.75, 3.05) is 12.4 Å². The second-order valence-electron chi connectivity index (χ2n) is 6.07. The van der Waals surface area contributed by atoms with Crippen LogP contribution in [-0.4, -0.2) is 27.8 Å². The van der Waals surface area contributed by atoms with E-state index >= 15 is 0 Å². The molecule has 0 radical (unpaired) electrons. The first kappa shape index (κ1) is 21.4. The molecule has 2 heterocycles. The van der Waals surface area contributed by atoms with Crippen molar-refractivity contribution in [1.82, 2.24) is 14.8 Å². The van der Waals surface area contributed by atoms with E-state index in [0.29, 0.717) is 5.69 Å². The number of aryl methyl sites for hydroxylation is 2. The fourth-order valence-electron chi connectivity index (χ4n) is 2.72. The molecule has 30 heavy (non-hydrogen) atoms. The fraction of sp³-hybridized carbons (Fsp3) is 0.211. The third kappa shape index (κ3) is 4.32. The molecule has 3 rings (SSSR count). The minimum absolute atomic E-state index is 0.0217. The van der Waals surface area contributed by atoms with Crippen LogP contribution in [-0.2, 0) is 6.54 Å². The van der Waals surface area contributed by atoms with Gasteiger partial charge in [-0.15, -0.1) is 5.10 Å². The van der Waals surface area contributed by atoms with Gasteiger partial charge < -0.3 is 4.74 Å². The van der Waals surface area contributed by atoms with Crippen LogP contribution in [0.3, 0.4) is 0 Å². The number of carbonyl (C=O) groups excluding carboxylic acids is 1. The number of rotatable bonds is 6. The number of amides is 1. The smallest absolute Gasteiger partial charge is 0.326 e. The van der Waals surface area contributed by atoms with Crippen LogP contribution in [0, 0.1) is 24.1 Å². The molecule has 11 heteroatoms. The average Bonchev–Trinajstić information content (AvgIpc) is 3.06. The molecule has 0 fully saturated rings. The summed E-state index contributed by atoms with van der Waals surface area (Å²) in [6, 6.07) is 6.32. The number of hydrogen-bond acceptors (Lipinski definition) is 7. The summed E-state index contributed by atoms with van der Waals surface area (Å²) >= 11 is 6.66. The summed E-state index contributed by atoms with van der Waals surface area (Å²) in [6.07, 6.45) is 1.41. The topological polar surface area (TPSA) is 110 Å². The molecular weight excluding hydrogens is 433 g/mol.